The van der Waals surface area contributed by atoms with Crippen molar-refractivity contribution in [2.75, 3.05) is 34.9 Å². The smallest absolute Gasteiger partial charge is 0.170 e. The molecule has 0 amide bonds. The highest BCUT2D eigenvalue weighted by molar-refractivity contribution is 5.88. The van der Waals surface area contributed by atoms with Gasteiger partial charge in [-0.05, 0) is 95.6 Å². The zero-order valence-corrected chi connectivity index (χ0v) is 25.6. The minimum Gasteiger partial charge on any atom is -0.493 e. The van der Waals surface area contributed by atoms with Gasteiger partial charge in [0.2, 0.25) is 0 Å². The number of hydrogen-bond donors (Lipinski definition) is 0. The number of pyridine rings is 1. The number of fused-ring (bicyclic) bond motifs is 3. The molecule has 4 aromatic carbocycles. The summed E-state index contributed by atoms with van der Waals surface area (Å²) in [7, 11) is 7.22. The molecule has 0 aliphatic carbocycles. The van der Waals surface area contributed by atoms with Crippen LogP contribution in [0.3, 0.4) is 0 Å². The number of ether oxygens (including phenoxy) is 5. The number of aromatic nitrogens is 1. The quantitative estimate of drug-likeness (QED) is 0.219. The summed E-state index contributed by atoms with van der Waals surface area (Å²) in [6.07, 6.45) is 4.27. The summed E-state index contributed by atoms with van der Waals surface area (Å²) in [6, 6.07) is 25.2. The molecule has 44 heavy (non-hydrogen) atoms. The summed E-state index contributed by atoms with van der Waals surface area (Å²) in [5.41, 5.74) is 6.90. The van der Waals surface area contributed by atoms with Crippen molar-refractivity contribution in [3.8, 4) is 34.5 Å². The van der Waals surface area contributed by atoms with Crippen molar-refractivity contribution in [1.29, 1.82) is 0 Å². The monoisotopic (exact) mass is 588 g/mol. The highest BCUT2D eigenvalue weighted by Crippen LogP contribution is 2.43. The van der Waals surface area contributed by atoms with Crippen molar-refractivity contribution < 1.29 is 23.7 Å². The molecule has 0 N–H and O–H groups in total. The molecule has 0 saturated carbocycles. The van der Waals surface area contributed by atoms with E-state index in [9.17, 15) is 0 Å². The van der Waals surface area contributed by atoms with Gasteiger partial charge >= 0.3 is 0 Å². The molecular weight excluding hydrogens is 552 g/mol. The van der Waals surface area contributed by atoms with Gasteiger partial charge in [0, 0.05) is 30.6 Å². The van der Waals surface area contributed by atoms with Crippen molar-refractivity contribution in [3.63, 3.8) is 0 Å². The zero-order valence-electron chi connectivity index (χ0n) is 25.6. The SMILES string of the molecule is COc1cc2c3cc1OCc1ccc(cc1)Cc1nccc4cc(OC)c(cc14)Oc1cc(ccc1OC)CC3N(C)CC2. The van der Waals surface area contributed by atoms with Crippen molar-refractivity contribution >= 4 is 10.8 Å². The molecule has 0 spiro atoms. The van der Waals surface area contributed by atoms with Gasteiger partial charge in [0.15, 0.2) is 34.5 Å². The fourth-order valence-electron chi connectivity index (χ4n) is 6.37. The van der Waals surface area contributed by atoms with Crippen LogP contribution >= 0.6 is 0 Å². The zero-order chi connectivity index (χ0) is 30.2. The van der Waals surface area contributed by atoms with Gasteiger partial charge in [0.05, 0.1) is 27.0 Å². The van der Waals surface area contributed by atoms with Crippen LogP contribution in [0.4, 0.5) is 0 Å². The molecule has 0 radical (unpaired) electrons. The Balaban J connectivity index is 1.39. The summed E-state index contributed by atoms with van der Waals surface area (Å²) >= 11 is 0. The largest absolute Gasteiger partial charge is 0.493 e. The summed E-state index contributed by atoms with van der Waals surface area (Å²) in [5.74, 6) is 4.07. The van der Waals surface area contributed by atoms with Gasteiger partial charge < -0.3 is 23.7 Å². The maximum Gasteiger partial charge on any atom is 0.170 e. The van der Waals surface area contributed by atoms with Crippen LogP contribution in [-0.4, -0.2) is 44.8 Å². The standard InChI is InChI=1S/C37H36N2O5/c1-39-14-12-27-19-33(41-3)35-21-29(27)31(39)16-25-9-10-32(40-2)36(17-25)44-37-20-28-26(18-34(37)42-4)11-13-38-30(28)15-23-5-7-24(8-6-23)22-43-35/h5-11,13,17-21,31H,12,14-16,22H2,1-4H3. The first-order chi connectivity index (χ1) is 21.5. The van der Waals surface area contributed by atoms with Crippen LogP contribution in [0.25, 0.3) is 10.8 Å². The van der Waals surface area contributed by atoms with E-state index in [4.69, 9.17) is 28.7 Å². The van der Waals surface area contributed by atoms with Crippen LogP contribution in [-0.2, 0) is 25.9 Å². The molecule has 1 unspecified atom stereocenters. The maximum atomic E-state index is 6.61. The Morgan fingerprint density at radius 1 is 0.750 bits per heavy atom. The lowest BCUT2D eigenvalue weighted by Gasteiger charge is -2.35. The minimum absolute atomic E-state index is 0.155. The number of benzene rings is 4. The molecule has 4 heterocycles. The molecule has 0 fully saturated rings. The Hall–Kier alpha value is -4.75. The Kier molecular flexibility index (Phi) is 7.48. The second kappa shape index (κ2) is 11.7. The second-order valence-corrected chi connectivity index (χ2v) is 11.5. The maximum absolute atomic E-state index is 6.61. The minimum atomic E-state index is 0.155. The van der Waals surface area contributed by atoms with E-state index in [2.05, 4.69) is 60.5 Å². The average molecular weight is 589 g/mol. The number of likely N-dealkylation sites (N-methyl/N-ethyl adjacent to an activating group) is 1. The van der Waals surface area contributed by atoms with E-state index in [0.29, 0.717) is 36.0 Å². The van der Waals surface area contributed by atoms with Crippen LogP contribution < -0.4 is 23.7 Å². The highest BCUT2D eigenvalue weighted by Gasteiger charge is 2.28. The fourth-order valence-corrected chi connectivity index (χ4v) is 6.37. The second-order valence-electron chi connectivity index (χ2n) is 11.5. The Labute approximate surface area is 257 Å². The van der Waals surface area contributed by atoms with E-state index in [-0.39, 0.29) is 6.04 Å². The third-order valence-corrected chi connectivity index (χ3v) is 8.85. The molecule has 5 aromatic rings. The first-order valence-corrected chi connectivity index (χ1v) is 14.9. The average Bonchev–Trinajstić information content (AvgIpc) is 3.05. The van der Waals surface area contributed by atoms with Gasteiger partial charge in [0.25, 0.3) is 0 Å². The van der Waals surface area contributed by atoms with Crippen LogP contribution in [0.1, 0.15) is 39.6 Å². The molecule has 8 bridgehead atoms. The molecule has 1 aromatic heterocycles. The van der Waals surface area contributed by atoms with Crippen LogP contribution in [0.15, 0.2) is 79.0 Å². The summed E-state index contributed by atoms with van der Waals surface area (Å²) in [6.45, 7) is 1.41. The van der Waals surface area contributed by atoms with Crippen LogP contribution in [0.2, 0.25) is 0 Å². The molecule has 0 saturated heterocycles. The van der Waals surface area contributed by atoms with Gasteiger partial charge in [-0.1, -0.05) is 30.3 Å². The lowest BCUT2D eigenvalue weighted by atomic mass is 9.88. The number of hydrogen-bond acceptors (Lipinski definition) is 7. The van der Waals surface area contributed by atoms with E-state index >= 15 is 0 Å². The lowest BCUT2D eigenvalue weighted by molar-refractivity contribution is 0.226. The van der Waals surface area contributed by atoms with E-state index in [1.54, 1.807) is 21.3 Å². The Bertz CT molecular complexity index is 1840. The first kappa shape index (κ1) is 28.0. The van der Waals surface area contributed by atoms with Gasteiger partial charge in [-0.15, -0.1) is 0 Å². The first-order valence-electron chi connectivity index (χ1n) is 14.9. The third kappa shape index (κ3) is 5.28. The Morgan fingerprint density at radius 3 is 2.27 bits per heavy atom. The van der Waals surface area contributed by atoms with Crippen molar-refractivity contribution in [3.05, 3.63) is 113 Å². The van der Waals surface area contributed by atoms with E-state index < -0.39 is 0 Å². The normalized spacial score (nSPS) is 16.2. The van der Waals surface area contributed by atoms with Gasteiger partial charge in [-0.3, -0.25) is 9.88 Å². The van der Waals surface area contributed by atoms with Crippen molar-refractivity contribution in [2.24, 2.45) is 0 Å². The molecule has 8 rings (SSSR count). The molecule has 1 atom stereocenters. The lowest BCUT2D eigenvalue weighted by Crippen LogP contribution is -2.33. The molecule has 7 heteroatoms. The molecule has 224 valence electrons. The number of methoxy groups -OCH3 is 3. The fraction of sp³-hybridized carbons (Fsp3) is 0.270. The summed E-state index contributed by atoms with van der Waals surface area (Å²) in [4.78, 5) is 7.18. The van der Waals surface area contributed by atoms with E-state index in [0.717, 1.165) is 64.0 Å². The molecular formula is C37H36N2O5. The van der Waals surface area contributed by atoms with Crippen LogP contribution in [0, 0.1) is 0 Å². The van der Waals surface area contributed by atoms with Gasteiger partial charge in [-0.25, -0.2) is 0 Å². The summed E-state index contributed by atoms with van der Waals surface area (Å²) in [5, 5.41) is 2.06. The predicted molar refractivity (Wildman–Crippen MR) is 171 cm³/mol. The molecule has 3 aliphatic rings. The number of nitrogens with zero attached hydrogens (tertiary/aromatic N) is 2. The van der Waals surface area contributed by atoms with E-state index in [1.807, 2.05) is 30.5 Å². The van der Waals surface area contributed by atoms with E-state index in [1.165, 1.54) is 11.1 Å². The Morgan fingerprint density at radius 2 is 1.48 bits per heavy atom. The predicted octanol–water partition coefficient (Wildman–Crippen LogP) is 7.31. The topological polar surface area (TPSA) is 62.3 Å². The molecule has 3 aliphatic heterocycles. The van der Waals surface area contributed by atoms with Crippen molar-refractivity contribution in [2.45, 2.75) is 31.9 Å². The van der Waals surface area contributed by atoms with Crippen LogP contribution in [0.5, 0.6) is 34.5 Å². The summed E-state index contributed by atoms with van der Waals surface area (Å²) < 4.78 is 30.3. The molecule has 7 nitrogen and oxygen atoms in total. The van der Waals surface area contributed by atoms with Gasteiger partial charge in [0.1, 0.15) is 6.61 Å². The van der Waals surface area contributed by atoms with Crippen molar-refractivity contribution in [1.82, 2.24) is 9.88 Å². The number of rotatable bonds is 3. The third-order valence-electron chi connectivity index (χ3n) is 8.85. The highest BCUT2D eigenvalue weighted by atomic mass is 16.5. The van der Waals surface area contributed by atoms with Gasteiger partial charge in [-0.2, -0.15) is 0 Å².